The van der Waals surface area contributed by atoms with Gasteiger partial charge in [0, 0.05) is 6.42 Å². The third kappa shape index (κ3) is 4.71. The summed E-state index contributed by atoms with van der Waals surface area (Å²) < 4.78 is 48.3. The van der Waals surface area contributed by atoms with Crippen LogP contribution in [-0.2, 0) is 0 Å². The van der Waals surface area contributed by atoms with Gasteiger partial charge in [0.15, 0.2) is 0 Å². The fraction of sp³-hybridized carbons (Fsp3) is 0.875. The van der Waals surface area contributed by atoms with Crippen LogP contribution in [-0.4, -0.2) is 12.9 Å². The number of hydrogen-bond donors (Lipinski definition) is 0. The van der Waals surface area contributed by atoms with E-state index in [1.807, 2.05) is 0 Å². The summed E-state index contributed by atoms with van der Waals surface area (Å²) in [6.07, 6.45) is -5.29. The molecule has 2 unspecified atom stereocenters. The van der Waals surface area contributed by atoms with E-state index in [2.05, 4.69) is 0 Å². The summed E-state index contributed by atoms with van der Waals surface area (Å²) >= 11 is 0. The highest BCUT2D eigenvalue weighted by atomic mass is 19.4. The van der Waals surface area contributed by atoms with E-state index in [0.717, 1.165) is 0 Å². The quantitative estimate of drug-likeness (QED) is 0.635. The Balaban J connectivity index is 4.20. The minimum absolute atomic E-state index is 0.312. The minimum atomic E-state index is -4.39. The highest BCUT2D eigenvalue weighted by molar-refractivity contribution is 4.81. The van der Waals surface area contributed by atoms with Gasteiger partial charge in [-0.25, -0.2) is 0 Å². The molecular weight excluding hydrogens is 186 g/mol. The topological polar surface area (TPSA) is 23.8 Å². The monoisotopic (exact) mass is 197 g/mol. The zero-order valence-corrected chi connectivity index (χ0v) is 7.24. The summed E-state index contributed by atoms with van der Waals surface area (Å²) in [4.78, 5) is 0. The highest BCUT2D eigenvalue weighted by Crippen LogP contribution is 2.33. The molecule has 0 aromatic rings. The van der Waals surface area contributed by atoms with Crippen molar-refractivity contribution in [1.82, 2.24) is 0 Å². The van der Waals surface area contributed by atoms with Crippen LogP contribution < -0.4 is 0 Å². The van der Waals surface area contributed by atoms with Crippen LogP contribution in [0.25, 0.3) is 0 Å². The molecule has 5 heteroatoms. The first-order chi connectivity index (χ1) is 5.91. The standard InChI is InChI=1S/C8H11F4N/c1-6(5-9)4-7(2-3-13)8(10,11)12/h6-7H,2,4-5H2,1H3. The highest BCUT2D eigenvalue weighted by Gasteiger charge is 2.39. The van der Waals surface area contributed by atoms with Crippen molar-refractivity contribution in [3.63, 3.8) is 0 Å². The van der Waals surface area contributed by atoms with E-state index in [1.54, 1.807) is 0 Å². The van der Waals surface area contributed by atoms with E-state index < -0.39 is 31.1 Å². The Morgan fingerprint density at radius 2 is 1.92 bits per heavy atom. The number of nitriles is 1. The lowest BCUT2D eigenvalue weighted by atomic mass is 9.94. The van der Waals surface area contributed by atoms with Gasteiger partial charge in [0.1, 0.15) is 0 Å². The third-order valence-corrected chi connectivity index (χ3v) is 1.75. The van der Waals surface area contributed by atoms with Crippen molar-refractivity contribution in [1.29, 1.82) is 5.26 Å². The van der Waals surface area contributed by atoms with Crippen LogP contribution in [0.1, 0.15) is 19.8 Å². The summed E-state index contributed by atoms with van der Waals surface area (Å²) in [6.45, 7) is 0.619. The smallest absolute Gasteiger partial charge is 0.251 e. The molecule has 0 heterocycles. The van der Waals surface area contributed by atoms with Crippen LogP contribution in [0.3, 0.4) is 0 Å². The van der Waals surface area contributed by atoms with Crippen molar-refractivity contribution in [3.8, 4) is 6.07 Å². The number of nitrogens with zero attached hydrogens (tertiary/aromatic N) is 1. The molecule has 0 aromatic carbocycles. The Labute approximate surface area is 74.3 Å². The number of hydrogen-bond acceptors (Lipinski definition) is 1. The number of halogens is 4. The predicted molar refractivity (Wildman–Crippen MR) is 39.5 cm³/mol. The maximum atomic E-state index is 12.1. The second kappa shape index (κ2) is 5.05. The van der Waals surface area contributed by atoms with Crippen molar-refractivity contribution in [2.45, 2.75) is 25.9 Å². The van der Waals surface area contributed by atoms with Gasteiger partial charge in [-0.15, -0.1) is 0 Å². The molecule has 0 saturated carbocycles. The summed E-state index contributed by atoms with van der Waals surface area (Å²) in [5, 5.41) is 8.14. The molecule has 1 nitrogen and oxygen atoms in total. The van der Waals surface area contributed by atoms with Crippen molar-refractivity contribution < 1.29 is 17.6 Å². The molecule has 0 aliphatic rings. The first kappa shape index (κ1) is 12.2. The molecule has 0 rings (SSSR count). The van der Waals surface area contributed by atoms with E-state index in [1.165, 1.54) is 13.0 Å². The van der Waals surface area contributed by atoms with Gasteiger partial charge in [-0.05, 0) is 12.3 Å². The molecule has 0 fully saturated rings. The predicted octanol–water partition coefficient (Wildman–Crippen LogP) is 3.07. The number of rotatable bonds is 4. The van der Waals surface area contributed by atoms with Crippen LogP contribution in [0.4, 0.5) is 17.6 Å². The van der Waals surface area contributed by atoms with E-state index in [0.29, 0.717) is 0 Å². The van der Waals surface area contributed by atoms with Crippen LogP contribution in [0.15, 0.2) is 0 Å². The molecule has 13 heavy (non-hydrogen) atoms. The van der Waals surface area contributed by atoms with E-state index >= 15 is 0 Å². The SMILES string of the molecule is CC(CF)CC(CC#N)C(F)(F)F. The third-order valence-electron chi connectivity index (χ3n) is 1.75. The Hall–Kier alpha value is -0.790. The first-order valence-electron chi connectivity index (χ1n) is 3.91. The maximum absolute atomic E-state index is 12.1. The lowest BCUT2D eigenvalue weighted by Crippen LogP contribution is -2.25. The zero-order valence-electron chi connectivity index (χ0n) is 7.24. The van der Waals surface area contributed by atoms with Gasteiger partial charge in [-0.2, -0.15) is 18.4 Å². The Morgan fingerprint density at radius 1 is 1.38 bits per heavy atom. The molecule has 0 saturated heterocycles. The van der Waals surface area contributed by atoms with Crippen LogP contribution in [0.2, 0.25) is 0 Å². The summed E-state index contributed by atoms with van der Waals surface area (Å²) in [6, 6.07) is 1.46. The van der Waals surface area contributed by atoms with Gasteiger partial charge < -0.3 is 0 Å². The Morgan fingerprint density at radius 3 is 2.23 bits per heavy atom. The van der Waals surface area contributed by atoms with Crippen molar-refractivity contribution in [2.24, 2.45) is 11.8 Å². The summed E-state index contributed by atoms with van der Waals surface area (Å²) in [5.41, 5.74) is 0. The molecule has 0 N–H and O–H groups in total. The molecule has 0 aliphatic carbocycles. The van der Waals surface area contributed by atoms with E-state index in [9.17, 15) is 17.6 Å². The molecule has 0 aromatic heterocycles. The molecule has 0 spiro atoms. The first-order valence-corrected chi connectivity index (χ1v) is 3.91. The molecule has 0 aliphatic heterocycles. The number of alkyl halides is 4. The largest absolute Gasteiger partial charge is 0.392 e. The van der Waals surface area contributed by atoms with Crippen molar-refractivity contribution in [3.05, 3.63) is 0 Å². The molecule has 0 amide bonds. The fourth-order valence-corrected chi connectivity index (χ4v) is 0.992. The van der Waals surface area contributed by atoms with Gasteiger partial charge in [-0.1, -0.05) is 6.92 Å². The van der Waals surface area contributed by atoms with Gasteiger partial charge in [0.2, 0.25) is 0 Å². The molecule has 76 valence electrons. The van der Waals surface area contributed by atoms with Gasteiger partial charge in [-0.3, -0.25) is 4.39 Å². The van der Waals surface area contributed by atoms with Crippen LogP contribution >= 0.6 is 0 Å². The Kier molecular flexibility index (Phi) is 4.74. The zero-order chi connectivity index (χ0) is 10.5. The molecule has 2 atom stereocenters. The van der Waals surface area contributed by atoms with E-state index in [-0.39, 0.29) is 6.42 Å². The van der Waals surface area contributed by atoms with E-state index in [4.69, 9.17) is 5.26 Å². The summed E-state index contributed by atoms with van der Waals surface area (Å²) in [5.74, 6) is -2.33. The van der Waals surface area contributed by atoms with Crippen LogP contribution in [0, 0.1) is 23.2 Å². The summed E-state index contributed by atoms with van der Waals surface area (Å²) in [7, 11) is 0. The van der Waals surface area contributed by atoms with Crippen LogP contribution in [0.5, 0.6) is 0 Å². The van der Waals surface area contributed by atoms with Gasteiger partial charge in [0.05, 0.1) is 18.7 Å². The molecule has 0 bridgehead atoms. The second-order valence-electron chi connectivity index (χ2n) is 3.10. The lowest BCUT2D eigenvalue weighted by Gasteiger charge is -2.19. The van der Waals surface area contributed by atoms with Gasteiger partial charge in [0.25, 0.3) is 0 Å². The maximum Gasteiger partial charge on any atom is 0.392 e. The van der Waals surface area contributed by atoms with Gasteiger partial charge >= 0.3 is 6.18 Å². The fourth-order valence-electron chi connectivity index (χ4n) is 0.992. The second-order valence-corrected chi connectivity index (χ2v) is 3.10. The average Bonchev–Trinajstić information content (AvgIpc) is 2.01. The minimum Gasteiger partial charge on any atom is -0.251 e. The average molecular weight is 197 g/mol. The van der Waals surface area contributed by atoms with Crippen molar-refractivity contribution in [2.75, 3.05) is 6.67 Å². The molecule has 0 radical (unpaired) electrons. The normalized spacial score (nSPS) is 16.3. The van der Waals surface area contributed by atoms with Crippen molar-refractivity contribution >= 4 is 0 Å². The molecular formula is C8H11F4N. The Bertz CT molecular complexity index is 182. The lowest BCUT2D eigenvalue weighted by molar-refractivity contribution is -0.177.